The normalized spacial score (nSPS) is 11.6. The van der Waals surface area contributed by atoms with Gasteiger partial charge in [-0.2, -0.15) is 13.2 Å². The van der Waals surface area contributed by atoms with Crippen LogP contribution >= 0.6 is 11.3 Å². The second kappa shape index (κ2) is 8.78. The monoisotopic (exact) mass is 471 g/mol. The molecule has 4 rings (SSSR count). The fourth-order valence-electron chi connectivity index (χ4n) is 3.39. The number of amides is 1. The van der Waals surface area contributed by atoms with E-state index in [1.807, 2.05) is 31.2 Å². The van der Waals surface area contributed by atoms with Crippen LogP contribution in [0, 0.1) is 20.8 Å². The standard InChI is InChI=1S/C23H20F3N5OS/c1-13-6-4-9-18(10-13)31-15(3)20(29-30-31)21(32)28-22-27-14(2)19(33-22)12-16-7-5-8-17(11-16)23(24,25)26/h4-11H,12H2,1-3H3,(H,27,28,32). The molecule has 0 aliphatic heterocycles. The minimum atomic E-state index is -4.40. The van der Waals surface area contributed by atoms with Gasteiger partial charge in [-0.25, -0.2) is 9.67 Å². The Kier molecular flexibility index (Phi) is 6.03. The first-order valence-electron chi connectivity index (χ1n) is 10.0. The van der Waals surface area contributed by atoms with Crippen LogP contribution in [0.4, 0.5) is 18.3 Å². The first-order chi connectivity index (χ1) is 15.6. The minimum Gasteiger partial charge on any atom is -0.296 e. The van der Waals surface area contributed by atoms with E-state index in [2.05, 4.69) is 20.6 Å². The molecule has 0 fully saturated rings. The first-order valence-corrected chi connectivity index (χ1v) is 10.9. The van der Waals surface area contributed by atoms with Crippen LogP contribution in [0.5, 0.6) is 0 Å². The van der Waals surface area contributed by atoms with Gasteiger partial charge in [0.05, 0.1) is 22.6 Å². The summed E-state index contributed by atoms with van der Waals surface area (Å²) in [4.78, 5) is 17.9. The summed E-state index contributed by atoms with van der Waals surface area (Å²) < 4.78 is 40.6. The lowest BCUT2D eigenvalue weighted by Crippen LogP contribution is -2.14. The number of carbonyl (C=O) groups excluding carboxylic acids is 1. The molecule has 0 saturated carbocycles. The molecule has 2 aromatic carbocycles. The molecule has 170 valence electrons. The summed E-state index contributed by atoms with van der Waals surface area (Å²) in [5.41, 5.74) is 3.08. The molecule has 1 amide bonds. The van der Waals surface area contributed by atoms with E-state index in [0.29, 0.717) is 22.1 Å². The molecule has 0 aliphatic carbocycles. The second-order valence-corrected chi connectivity index (χ2v) is 8.71. The van der Waals surface area contributed by atoms with Gasteiger partial charge in [0, 0.05) is 11.3 Å². The van der Waals surface area contributed by atoms with Gasteiger partial charge in [0.25, 0.3) is 5.91 Å². The molecule has 0 saturated heterocycles. The van der Waals surface area contributed by atoms with E-state index < -0.39 is 17.6 Å². The highest BCUT2D eigenvalue weighted by molar-refractivity contribution is 7.15. The average molecular weight is 472 g/mol. The second-order valence-electron chi connectivity index (χ2n) is 7.63. The molecule has 33 heavy (non-hydrogen) atoms. The van der Waals surface area contributed by atoms with Gasteiger partial charge in [0.1, 0.15) is 0 Å². The Balaban J connectivity index is 1.51. The summed E-state index contributed by atoms with van der Waals surface area (Å²) in [6.07, 6.45) is -4.11. The van der Waals surface area contributed by atoms with E-state index >= 15 is 0 Å². The summed E-state index contributed by atoms with van der Waals surface area (Å²) in [7, 11) is 0. The third-order valence-corrected chi connectivity index (χ3v) is 6.16. The summed E-state index contributed by atoms with van der Waals surface area (Å²) in [6.45, 7) is 5.48. The predicted molar refractivity (Wildman–Crippen MR) is 120 cm³/mol. The molecule has 6 nitrogen and oxygen atoms in total. The summed E-state index contributed by atoms with van der Waals surface area (Å²) in [6, 6.07) is 12.9. The van der Waals surface area contributed by atoms with Gasteiger partial charge in [-0.1, -0.05) is 35.5 Å². The van der Waals surface area contributed by atoms with Crippen molar-refractivity contribution in [2.75, 3.05) is 5.32 Å². The Labute approximate surface area is 192 Å². The molecule has 0 bridgehead atoms. The zero-order chi connectivity index (χ0) is 23.8. The molecule has 1 N–H and O–H groups in total. The SMILES string of the molecule is Cc1cccc(-n2nnc(C(=O)Nc3nc(C)c(Cc4cccc(C(F)(F)F)c4)s3)c2C)c1. The number of halogens is 3. The van der Waals surface area contributed by atoms with E-state index in [4.69, 9.17) is 0 Å². The van der Waals surface area contributed by atoms with Crippen LogP contribution < -0.4 is 5.32 Å². The van der Waals surface area contributed by atoms with Crippen LogP contribution in [-0.4, -0.2) is 25.9 Å². The zero-order valence-electron chi connectivity index (χ0n) is 18.1. The van der Waals surface area contributed by atoms with Crippen LogP contribution in [0.15, 0.2) is 48.5 Å². The minimum absolute atomic E-state index is 0.170. The number of thiazole rings is 1. The van der Waals surface area contributed by atoms with Crippen molar-refractivity contribution in [3.05, 3.63) is 87.2 Å². The maximum absolute atomic E-state index is 13.0. The quantitative estimate of drug-likeness (QED) is 0.417. The van der Waals surface area contributed by atoms with Crippen LogP contribution in [0.25, 0.3) is 5.69 Å². The highest BCUT2D eigenvalue weighted by atomic mass is 32.1. The number of anilines is 1. The third kappa shape index (κ3) is 4.95. The zero-order valence-corrected chi connectivity index (χ0v) is 18.9. The highest BCUT2D eigenvalue weighted by Crippen LogP contribution is 2.31. The first kappa shape index (κ1) is 22.7. The number of nitrogens with zero attached hydrogens (tertiary/aromatic N) is 4. The van der Waals surface area contributed by atoms with Gasteiger partial charge < -0.3 is 0 Å². The average Bonchev–Trinajstić information content (AvgIpc) is 3.29. The van der Waals surface area contributed by atoms with Crippen LogP contribution in [0.1, 0.15) is 43.4 Å². The fourth-order valence-corrected chi connectivity index (χ4v) is 4.38. The Morgan fingerprint density at radius 2 is 1.85 bits per heavy atom. The van der Waals surface area contributed by atoms with Gasteiger partial charge in [0.15, 0.2) is 10.8 Å². The van der Waals surface area contributed by atoms with E-state index in [9.17, 15) is 18.0 Å². The highest BCUT2D eigenvalue weighted by Gasteiger charge is 2.30. The number of nitrogens with one attached hydrogen (secondary N) is 1. The maximum Gasteiger partial charge on any atom is 0.416 e. The van der Waals surface area contributed by atoms with Crippen LogP contribution in [0.3, 0.4) is 0 Å². The van der Waals surface area contributed by atoms with Gasteiger partial charge in [-0.3, -0.25) is 10.1 Å². The summed E-state index contributed by atoms with van der Waals surface area (Å²) in [5, 5.41) is 11.2. The number of carbonyl (C=O) groups is 1. The van der Waals surface area contributed by atoms with Crippen molar-refractivity contribution in [3.8, 4) is 5.69 Å². The van der Waals surface area contributed by atoms with E-state index in [-0.39, 0.29) is 12.1 Å². The Morgan fingerprint density at radius 1 is 1.09 bits per heavy atom. The summed E-state index contributed by atoms with van der Waals surface area (Å²) in [5.74, 6) is -0.453. The summed E-state index contributed by atoms with van der Waals surface area (Å²) >= 11 is 1.22. The molecule has 10 heteroatoms. The molecule has 0 aliphatic rings. The van der Waals surface area contributed by atoms with Crippen molar-refractivity contribution >= 4 is 22.4 Å². The lowest BCUT2D eigenvalue weighted by molar-refractivity contribution is -0.137. The Hall–Kier alpha value is -3.53. The molecular weight excluding hydrogens is 451 g/mol. The number of benzene rings is 2. The molecule has 0 spiro atoms. The van der Waals surface area contributed by atoms with E-state index in [0.717, 1.165) is 28.3 Å². The number of hydrogen-bond donors (Lipinski definition) is 1. The fraction of sp³-hybridized carbons (Fsp3) is 0.217. The van der Waals surface area contributed by atoms with E-state index in [1.165, 1.54) is 17.4 Å². The molecule has 2 aromatic heterocycles. The molecule has 0 unspecified atom stereocenters. The van der Waals surface area contributed by atoms with Gasteiger partial charge >= 0.3 is 6.18 Å². The Morgan fingerprint density at radius 3 is 2.58 bits per heavy atom. The lowest BCUT2D eigenvalue weighted by atomic mass is 10.1. The molecule has 4 aromatic rings. The van der Waals surface area contributed by atoms with Crippen molar-refractivity contribution in [1.82, 2.24) is 20.0 Å². The topological polar surface area (TPSA) is 72.7 Å². The van der Waals surface area contributed by atoms with E-state index in [1.54, 1.807) is 24.6 Å². The lowest BCUT2D eigenvalue weighted by Gasteiger charge is -2.08. The van der Waals surface area contributed by atoms with Crippen molar-refractivity contribution in [3.63, 3.8) is 0 Å². The number of aryl methyl sites for hydroxylation is 2. The third-order valence-electron chi connectivity index (χ3n) is 5.09. The number of rotatable bonds is 5. The van der Waals surface area contributed by atoms with Crippen LogP contribution in [-0.2, 0) is 12.6 Å². The van der Waals surface area contributed by atoms with Crippen molar-refractivity contribution < 1.29 is 18.0 Å². The number of hydrogen-bond acceptors (Lipinski definition) is 5. The predicted octanol–water partition coefficient (Wildman–Crippen LogP) is 5.51. The number of aromatic nitrogens is 4. The largest absolute Gasteiger partial charge is 0.416 e. The molecule has 0 radical (unpaired) electrons. The molecule has 0 atom stereocenters. The molecular formula is C23H20F3N5OS. The van der Waals surface area contributed by atoms with Crippen molar-refractivity contribution in [1.29, 1.82) is 0 Å². The van der Waals surface area contributed by atoms with Gasteiger partial charge in [0.2, 0.25) is 0 Å². The molecule has 2 heterocycles. The maximum atomic E-state index is 13.0. The Bertz CT molecular complexity index is 1330. The smallest absolute Gasteiger partial charge is 0.296 e. The van der Waals surface area contributed by atoms with Crippen LogP contribution in [0.2, 0.25) is 0 Å². The van der Waals surface area contributed by atoms with Crippen molar-refractivity contribution in [2.24, 2.45) is 0 Å². The number of alkyl halides is 3. The van der Waals surface area contributed by atoms with Gasteiger partial charge in [-0.15, -0.1) is 16.4 Å². The van der Waals surface area contributed by atoms with Crippen molar-refractivity contribution in [2.45, 2.75) is 33.4 Å². The van der Waals surface area contributed by atoms with Gasteiger partial charge in [-0.05, 0) is 50.1 Å².